The molecule has 1 aliphatic rings. The van der Waals surface area contributed by atoms with E-state index in [1.165, 1.54) is 12.1 Å². The summed E-state index contributed by atoms with van der Waals surface area (Å²) in [5, 5.41) is 1.10. The van der Waals surface area contributed by atoms with Gasteiger partial charge in [-0.2, -0.15) is 0 Å². The zero-order valence-electron chi connectivity index (χ0n) is 16.0. The summed E-state index contributed by atoms with van der Waals surface area (Å²) in [7, 11) is -3.61. The Morgan fingerprint density at radius 1 is 1.00 bits per heavy atom. The minimum absolute atomic E-state index is 0.0355. The van der Waals surface area contributed by atoms with Crippen LogP contribution in [-0.4, -0.2) is 51.9 Å². The molecule has 6 nitrogen and oxygen atoms in total. The summed E-state index contributed by atoms with van der Waals surface area (Å²) in [4.78, 5) is 16.0. The Kier molecular flexibility index (Phi) is 7.00. The number of rotatable bonds is 7. The molecule has 0 aromatic heterocycles. The topological polar surface area (TPSA) is 69.7 Å². The van der Waals surface area contributed by atoms with Crippen LogP contribution in [0.1, 0.15) is 12.0 Å². The monoisotopic (exact) mass is 417 g/mol. The molecule has 2 aromatic carbocycles. The molecule has 1 fully saturated rings. The van der Waals surface area contributed by atoms with Gasteiger partial charge in [0, 0.05) is 44.6 Å². The number of para-hydroxylation sites is 1. The van der Waals surface area contributed by atoms with Crippen LogP contribution >= 0.6 is 0 Å². The minimum Gasteiger partial charge on any atom is -0.366 e. The van der Waals surface area contributed by atoms with Gasteiger partial charge < -0.3 is 9.80 Å². The van der Waals surface area contributed by atoms with Crippen LogP contribution in [0, 0.1) is 5.82 Å². The van der Waals surface area contributed by atoms with Crippen molar-refractivity contribution in [2.45, 2.75) is 6.42 Å². The third-order valence-corrected chi connectivity index (χ3v) is 5.81. The highest BCUT2D eigenvalue weighted by atomic mass is 32.2. The van der Waals surface area contributed by atoms with Crippen LogP contribution in [0.15, 0.2) is 60.0 Å². The third kappa shape index (κ3) is 6.13. The van der Waals surface area contributed by atoms with Crippen LogP contribution in [0.4, 0.5) is 10.1 Å². The minimum atomic E-state index is -3.61. The lowest BCUT2D eigenvalue weighted by molar-refractivity contribution is -0.131. The van der Waals surface area contributed by atoms with E-state index in [4.69, 9.17) is 0 Å². The summed E-state index contributed by atoms with van der Waals surface area (Å²) in [5.74, 6) is -0.391. The number of hydrogen-bond donors (Lipinski definition) is 1. The predicted octanol–water partition coefficient (Wildman–Crippen LogP) is 2.45. The second-order valence-corrected chi connectivity index (χ2v) is 8.37. The van der Waals surface area contributed by atoms with Gasteiger partial charge in [-0.3, -0.25) is 4.79 Å². The van der Waals surface area contributed by atoms with Crippen LogP contribution in [0.2, 0.25) is 0 Å². The lowest BCUT2D eigenvalue weighted by Gasteiger charge is -2.36. The SMILES string of the molecule is O=C(CCNS(=O)(=O)/C=C/c1ccccc1)N1CCN(c2ccccc2F)CC1. The first-order valence-electron chi connectivity index (χ1n) is 9.45. The van der Waals surface area contributed by atoms with Crippen LogP contribution in [0.3, 0.4) is 0 Å². The van der Waals surface area contributed by atoms with Gasteiger partial charge in [-0.15, -0.1) is 0 Å². The number of hydrogen-bond acceptors (Lipinski definition) is 4. The third-order valence-electron chi connectivity index (χ3n) is 4.71. The van der Waals surface area contributed by atoms with E-state index in [1.54, 1.807) is 35.2 Å². The van der Waals surface area contributed by atoms with Gasteiger partial charge in [0.15, 0.2) is 0 Å². The Bertz CT molecular complexity index is 956. The van der Waals surface area contributed by atoms with Crippen LogP contribution in [0.25, 0.3) is 6.08 Å². The summed E-state index contributed by atoms with van der Waals surface area (Å²) < 4.78 is 40.4. The standard InChI is InChI=1S/C21H24FN3O3S/c22-19-8-4-5-9-20(19)24-13-15-25(16-14-24)21(26)10-12-23-29(27,28)17-11-18-6-2-1-3-7-18/h1-9,11,17,23H,10,12-16H2/b17-11+. The average Bonchev–Trinajstić information content (AvgIpc) is 2.73. The van der Waals surface area contributed by atoms with Crippen molar-refractivity contribution in [3.63, 3.8) is 0 Å². The molecule has 0 atom stereocenters. The maximum atomic E-state index is 13.9. The number of benzene rings is 2. The van der Waals surface area contributed by atoms with Crippen molar-refractivity contribution in [2.24, 2.45) is 0 Å². The molecule has 8 heteroatoms. The van der Waals surface area contributed by atoms with Crippen molar-refractivity contribution in [1.29, 1.82) is 0 Å². The van der Waals surface area contributed by atoms with Crippen molar-refractivity contribution < 1.29 is 17.6 Å². The number of anilines is 1. The number of sulfonamides is 1. The van der Waals surface area contributed by atoms with E-state index in [9.17, 15) is 17.6 Å². The van der Waals surface area contributed by atoms with Crippen molar-refractivity contribution in [3.05, 3.63) is 71.4 Å². The first-order chi connectivity index (χ1) is 13.9. The van der Waals surface area contributed by atoms with Gasteiger partial charge in [0.05, 0.1) is 5.69 Å². The van der Waals surface area contributed by atoms with Crippen molar-refractivity contribution in [3.8, 4) is 0 Å². The van der Waals surface area contributed by atoms with Gasteiger partial charge in [0.25, 0.3) is 0 Å². The molecule has 0 saturated carbocycles. The van der Waals surface area contributed by atoms with Crippen molar-refractivity contribution in [1.82, 2.24) is 9.62 Å². The largest absolute Gasteiger partial charge is 0.366 e. The number of piperazine rings is 1. The molecule has 0 radical (unpaired) electrons. The maximum Gasteiger partial charge on any atom is 0.233 e. The Morgan fingerprint density at radius 3 is 2.34 bits per heavy atom. The van der Waals surface area contributed by atoms with Crippen molar-refractivity contribution >= 4 is 27.7 Å². The van der Waals surface area contributed by atoms with Gasteiger partial charge in [0.2, 0.25) is 15.9 Å². The molecule has 1 N–H and O–H groups in total. The van der Waals surface area contributed by atoms with E-state index >= 15 is 0 Å². The molecule has 29 heavy (non-hydrogen) atoms. The van der Waals surface area contributed by atoms with Crippen LogP contribution in [-0.2, 0) is 14.8 Å². The average molecular weight is 418 g/mol. The molecule has 1 heterocycles. The Balaban J connectivity index is 1.43. The molecule has 154 valence electrons. The van der Waals surface area contributed by atoms with E-state index < -0.39 is 10.0 Å². The molecule has 1 aliphatic heterocycles. The van der Waals surface area contributed by atoms with Gasteiger partial charge in [-0.1, -0.05) is 42.5 Å². The van der Waals surface area contributed by atoms with E-state index in [2.05, 4.69) is 4.72 Å². The van der Waals surface area contributed by atoms with Gasteiger partial charge in [-0.25, -0.2) is 17.5 Å². The summed E-state index contributed by atoms with van der Waals surface area (Å²) in [6, 6.07) is 15.7. The van der Waals surface area contributed by atoms with Gasteiger partial charge >= 0.3 is 0 Å². The molecule has 0 aliphatic carbocycles. The zero-order chi connectivity index (χ0) is 20.7. The summed E-state index contributed by atoms with van der Waals surface area (Å²) >= 11 is 0. The normalized spacial score (nSPS) is 15.1. The second kappa shape index (κ2) is 9.67. The molecule has 0 bridgehead atoms. The molecule has 0 spiro atoms. The quantitative estimate of drug-likeness (QED) is 0.751. The summed E-state index contributed by atoms with van der Waals surface area (Å²) in [6.07, 6.45) is 1.59. The maximum absolute atomic E-state index is 13.9. The van der Waals surface area contributed by atoms with E-state index in [0.717, 1.165) is 11.0 Å². The highest BCUT2D eigenvalue weighted by molar-refractivity contribution is 7.92. The first kappa shape index (κ1) is 21.0. The predicted molar refractivity (Wildman–Crippen MR) is 112 cm³/mol. The molecule has 3 rings (SSSR count). The second-order valence-electron chi connectivity index (χ2n) is 6.72. The molecule has 0 unspecified atom stereocenters. The van der Waals surface area contributed by atoms with E-state index in [1.807, 2.05) is 23.1 Å². The molecular weight excluding hydrogens is 393 g/mol. The van der Waals surface area contributed by atoms with E-state index in [0.29, 0.717) is 31.9 Å². The Morgan fingerprint density at radius 2 is 1.66 bits per heavy atom. The summed E-state index contributed by atoms with van der Waals surface area (Å²) in [6.45, 7) is 2.08. The fourth-order valence-corrected chi connectivity index (χ4v) is 3.96. The number of halogens is 1. The zero-order valence-corrected chi connectivity index (χ0v) is 16.8. The van der Waals surface area contributed by atoms with E-state index in [-0.39, 0.29) is 24.7 Å². The Labute approximate surface area is 170 Å². The molecule has 1 amide bonds. The number of nitrogens with one attached hydrogen (secondary N) is 1. The number of amides is 1. The fourth-order valence-electron chi connectivity index (χ4n) is 3.14. The number of carbonyl (C=O) groups is 1. The van der Waals surface area contributed by atoms with Crippen LogP contribution in [0.5, 0.6) is 0 Å². The molecule has 1 saturated heterocycles. The highest BCUT2D eigenvalue weighted by Crippen LogP contribution is 2.20. The lowest BCUT2D eigenvalue weighted by Crippen LogP contribution is -2.49. The lowest BCUT2D eigenvalue weighted by atomic mass is 10.2. The smallest absolute Gasteiger partial charge is 0.233 e. The number of nitrogens with zero attached hydrogens (tertiary/aromatic N) is 2. The van der Waals surface area contributed by atoms with Gasteiger partial charge in [0.1, 0.15) is 5.82 Å². The first-order valence-corrected chi connectivity index (χ1v) is 11.0. The van der Waals surface area contributed by atoms with Gasteiger partial charge in [-0.05, 0) is 23.8 Å². The Hall–Kier alpha value is -2.71. The van der Waals surface area contributed by atoms with Crippen molar-refractivity contribution in [2.75, 3.05) is 37.6 Å². The summed E-state index contributed by atoms with van der Waals surface area (Å²) in [5.41, 5.74) is 1.32. The highest BCUT2D eigenvalue weighted by Gasteiger charge is 2.22. The fraction of sp³-hybridized carbons (Fsp3) is 0.286. The number of carbonyl (C=O) groups excluding carboxylic acids is 1. The molecular formula is C21H24FN3O3S. The van der Waals surface area contributed by atoms with Crippen LogP contribution < -0.4 is 9.62 Å². The molecule has 2 aromatic rings.